The minimum absolute atomic E-state index is 0.0652. The van der Waals surface area contributed by atoms with E-state index in [9.17, 15) is 0 Å². The first-order chi connectivity index (χ1) is 3.80. The van der Waals surface area contributed by atoms with Gasteiger partial charge in [0.1, 0.15) is 6.23 Å². The second-order valence-corrected chi connectivity index (χ2v) is 3.94. The molecule has 0 aromatic rings. The Morgan fingerprint density at radius 1 is 1.62 bits per heavy atom. The molecule has 1 heterocycles. The van der Waals surface area contributed by atoms with Crippen molar-refractivity contribution in [1.29, 1.82) is 0 Å². The molecule has 2 unspecified atom stereocenters. The maximum absolute atomic E-state index is 5.59. The van der Waals surface area contributed by atoms with Crippen LogP contribution in [0.5, 0.6) is 0 Å². The van der Waals surface area contributed by atoms with Gasteiger partial charge in [-0.1, -0.05) is 0 Å². The molecule has 2 N–H and O–H groups in total. The largest absolute Gasteiger partial charge is 0.364 e. The standard InChI is InChI=1S/C5H13NOSi/c6-5-4(8)2-1-3-7-5/h4-5H,1-3,6H2,8H3. The van der Waals surface area contributed by atoms with Gasteiger partial charge in [-0.2, -0.15) is 0 Å². The van der Waals surface area contributed by atoms with Crippen molar-refractivity contribution in [2.24, 2.45) is 5.73 Å². The van der Waals surface area contributed by atoms with E-state index in [1.807, 2.05) is 0 Å². The second-order valence-electron chi connectivity index (χ2n) is 2.45. The van der Waals surface area contributed by atoms with Gasteiger partial charge in [-0.05, 0) is 18.4 Å². The minimum Gasteiger partial charge on any atom is -0.364 e. The third-order valence-corrected chi connectivity index (χ3v) is 2.91. The fraction of sp³-hybridized carbons (Fsp3) is 1.00. The summed E-state index contributed by atoms with van der Waals surface area (Å²) in [6, 6.07) is 0. The van der Waals surface area contributed by atoms with E-state index in [1.54, 1.807) is 0 Å². The number of nitrogens with two attached hydrogens (primary N) is 1. The average Bonchev–Trinajstić information content (AvgIpc) is 1.77. The first-order valence-electron chi connectivity index (χ1n) is 3.18. The van der Waals surface area contributed by atoms with Crippen molar-refractivity contribution in [3.05, 3.63) is 0 Å². The van der Waals surface area contributed by atoms with E-state index in [0.29, 0.717) is 5.54 Å². The molecule has 48 valence electrons. The second kappa shape index (κ2) is 2.62. The molecule has 0 bridgehead atoms. The molecule has 1 aliphatic rings. The summed E-state index contributed by atoms with van der Waals surface area (Å²) >= 11 is 0. The predicted octanol–water partition coefficient (Wildman–Crippen LogP) is -0.765. The summed E-state index contributed by atoms with van der Waals surface area (Å²) in [5.74, 6) is 0. The summed E-state index contributed by atoms with van der Waals surface area (Å²) in [6.07, 6.45) is 2.56. The van der Waals surface area contributed by atoms with Gasteiger partial charge >= 0.3 is 0 Å². The SMILES string of the molecule is NC1OCCCC1[SiH3]. The molecule has 0 amide bonds. The van der Waals surface area contributed by atoms with Crippen LogP contribution in [0.25, 0.3) is 0 Å². The Hall–Kier alpha value is 0.137. The van der Waals surface area contributed by atoms with Crippen LogP contribution in [0.1, 0.15) is 12.8 Å². The van der Waals surface area contributed by atoms with Gasteiger partial charge in [0.05, 0.1) is 0 Å². The summed E-state index contributed by atoms with van der Waals surface area (Å²) in [7, 11) is 1.18. The van der Waals surface area contributed by atoms with E-state index in [4.69, 9.17) is 10.5 Å². The summed E-state index contributed by atoms with van der Waals surface area (Å²) in [5, 5.41) is 0. The molecule has 0 aromatic carbocycles. The maximum Gasteiger partial charge on any atom is 0.105 e. The molecular weight excluding hydrogens is 118 g/mol. The Morgan fingerprint density at radius 2 is 2.38 bits per heavy atom. The molecule has 0 saturated carbocycles. The maximum atomic E-state index is 5.59. The van der Waals surface area contributed by atoms with Crippen molar-refractivity contribution in [2.45, 2.75) is 24.6 Å². The molecule has 3 heteroatoms. The Bertz CT molecular complexity index is 68.8. The van der Waals surface area contributed by atoms with Gasteiger partial charge in [0, 0.05) is 16.8 Å². The van der Waals surface area contributed by atoms with Gasteiger partial charge in [0.2, 0.25) is 0 Å². The van der Waals surface area contributed by atoms with Gasteiger partial charge in [0.15, 0.2) is 0 Å². The fourth-order valence-electron chi connectivity index (χ4n) is 0.953. The molecular formula is C5H13NOSi. The summed E-state index contributed by atoms with van der Waals surface area (Å²) in [4.78, 5) is 0. The Kier molecular flexibility index (Phi) is 2.05. The smallest absolute Gasteiger partial charge is 0.105 e. The molecule has 2 atom stereocenters. The van der Waals surface area contributed by atoms with Crippen molar-refractivity contribution >= 4 is 10.2 Å². The summed E-state index contributed by atoms with van der Waals surface area (Å²) < 4.78 is 5.20. The lowest BCUT2D eigenvalue weighted by Crippen LogP contribution is -2.33. The average molecular weight is 131 g/mol. The van der Waals surface area contributed by atoms with E-state index in [1.165, 1.54) is 23.1 Å². The van der Waals surface area contributed by atoms with Crippen LogP contribution in [-0.2, 0) is 4.74 Å². The van der Waals surface area contributed by atoms with Gasteiger partial charge in [-0.25, -0.2) is 0 Å². The van der Waals surface area contributed by atoms with Crippen LogP contribution in [0.15, 0.2) is 0 Å². The highest BCUT2D eigenvalue weighted by Gasteiger charge is 2.16. The van der Waals surface area contributed by atoms with Gasteiger partial charge < -0.3 is 10.5 Å². The molecule has 8 heavy (non-hydrogen) atoms. The van der Waals surface area contributed by atoms with Crippen molar-refractivity contribution < 1.29 is 4.74 Å². The van der Waals surface area contributed by atoms with E-state index in [0.717, 1.165) is 6.61 Å². The number of hydrogen-bond acceptors (Lipinski definition) is 2. The normalized spacial score (nSPS) is 40.1. The van der Waals surface area contributed by atoms with Gasteiger partial charge in [-0.3, -0.25) is 0 Å². The highest BCUT2D eigenvalue weighted by atomic mass is 28.1. The highest BCUT2D eigenvalue weighted by molar-refractivity contribution is 6.12. The van der Waals surface area contributed by atoms with Crippen LogP contribution in [0.2, 0.25) is 5.54 Å². The van der Waals surface area contributed by atoms with Crippen molar-refractivity contribution in [1.82, 2.24) is 0 Å². The first-order valence-corrected chi connectivity index (χ1v) is 4.33. The van der Waals surface area contributed by atoms with Gasteiger partial charge in [-0.15, -0.1) is 0 Å². The molecule has 1 saturated heterocycles. The molecule has 1 rings (SSSR count). The van der Waals surface area contributed by atoms with Crippen molar-refractivity contribution in [3.8, 4) is 0 Å². The van der Waals surface area contributed by atoms with Crippen molar-refractivity contribution in [3.63, 3.8) is 0 Å². The monoisotopic (exact) mass is 131 g/mol. The fourth-order valence-corrected chi connectivity index (χ4v) is 1.55. The number of ether oxygens (including phenoxy) is 1. The minimum atomic E-state index is 0.0652. The lowest BCUT2D eigenvalue weighted by Gasteiger charge is -2.25. The zero-order chi connectivity index (χ0) is 5.98. The molecule has 0 spiro atoms. The van der Waals surface area contributed by atoms with Crippen LogP contribution in [0.3, 0.4) is 0 Å². The topological polar surface area (TPSA) is 35.2 Å². The molecule has 0 aliphatic carbocycles. The lowest BCUT2D eigenvalue weighted by molar-refractivity contribution is 0.0215. The molecule has 2 nitrogen and oxygen atoms in total. The van der Waals surface area contributed by atoms with Crippen LogP contribution in [0.4, 0.5) is 0 Å². The van der Waals surface area contributed by atoms with Crippen LogP contribution >= 0.6 is 0 Å². The van der Waals surface area contributed by atoms with E-state index < -0.39 is 0 Å². The molecule has 0 aromatic heterocycles. The third kappa shape index (κ3) is 1.31. The Balaban J connectivity index is 2.28. The van der Waals surface area contributed by atoms with Crippen LogP contribution < -0.4 is 5.73 Å². The van der Waals surface area contributed by atoms with Crippen LogP contribution in [0, 0.1) is 0 Å². The Labute approximate surface area is 52.8 Å². The quantitative estimate of drug-likeness (QED) is 0.438. The molecule has 1 fully saturated rings. The van der Waals surface area contributed by atoms with Crippen molar-refractivity contribution in [2.75, 3.05) is 6.61 Å². The molecule has 1 aliphatic heterocycles. The number of rotatable bonds is 0. The van der Waals surface area contributed by atoms with E-state index in [-0.39, 0.29) is 6.23 Å². The predicted molar refractivity (Wildman–Crippen MR) is 36.9 cm³/mol. The Morgan fingerprint density at radius 3 is 2.75 bits per heavy atom. The third-order valence-electron chi connectivity index (χ3n) is 1.67. The highest BCUT2D eigenvalue weighted by Crippen LogP contribution is 2.18. The molecule has 0 radical (unpaired) electrons. The van der Waals surface area contributed by atoms with E-state index in [2.05, 4.69) is 0 Å². The number of hydrogen-bond donors (Lipinski definition) is 1. The first kappa shape index (κ1) is 6.26. The van der Waals surface area contributed by atoms with Crippen LogP contribution in [-0.4, -0.2) is 23.1 Å². The zero-order valence-electron chi connectivity index (χ0n) is 5.26. The van der Waals surface area contributed by atoms with E-state index >= 15 is 0 Å². The zero-order valence-corrected chi connectivity index (χ0v) is 7.26. The van der Waals surface area contributed by atoms with Gasteiger partial charge in [0.25, 0.3) is 0 Å². The summed E-state index contributed by atoms with van der Waals surface area (Å²) in [6.45, 7) is 0.875. The lowest BCUT2D eigenvalue weighted by atomic mass is 10.2. The summed E-state index contributed by atoms with van der Waals surface area (Å²) in [5.41, 5.74) is 6.29.